The van der Waals surface area contributed by atoms with Crippen molar-refractivity contribution in [3.05, 3.63) is 35.4 Å². The first-order chi connectivity index (χ1) is 14.1. The van der Waals surface area contributed by atoms with Crippen LogP contribution in [0.15, 0.2) is 24.3 Å². The summed E-state index contributed by atoms with van der Waals surface area (Å²) in [7, 11) is 0. The predicted molar refractivity (Wildman–Crippen MR) is 114 cm³/mol. The molecule has 2 saturated carbocycles. The third-order valence-electron chi connectivity index (χ3n) is 7.08. The van der Waals surface area contributed by atoms with Crippen LogP contribution >= 0.6 is 0 Å². The number of benzene rings is 1. The molecule has 3 fully saturated rings. The molecule has 1 saturated heterocycles. The van der Waals surface area contributed by atoms with Crippen LogP contribution in [0.4, 0.5) is 0 Å². The molecule has 0 aromatic heterocycles. The number of aryl methyl sites for hydroxylation is 1. The molecule has 5 heteroatoms. The van der Waals surface area contributed by atoms with Gasteiger partial charge in [0.2, 0.25) is 11.8 Å². The molecular formula is C24H35N3O2. The van der Waals surface area contributed by atoms with E-state index in [0.29, 0.717) is 25.0 Å². The van der Waals surface area contributed by atoms with Crippen molar-refractivity contribution in [1.82, 2.24) is 15.5 Å². The summed E-state index contributed by atoms with van der Waals surface area (Å²) in [5.74, 6) is 1.41. The molecule has 3 aliphatic rings. The molecular weight excluding hydrogens is 362 g/mol. The highest BCUT2D eigenvalue weighted by atomic mass is 16.2. The molecule has 0 radical (unpaired) electrons. The second-order valence-corrected chi connectivity index (χ2v) is 9.31. The second kappa shape index (κ2) is 9.29. The van der Waals surface area contributed by atoms with Crippen LogP contribution in [0.5, 0.6) is 0 Å². The van der Waals surface area contributed by atoms with Crippen LogP contribution < -0.4 is 10.6 Å². The van der Waals surface area contributed by atoms with E-state index >= 15 is 0 Å². The highest BCUT2D eigenvalue weighted by Crippen LogP contribution is 2.35. The third kappa shape index (κ3) is 5.39. The molecule has 0 bridgehead atoms. The van der Waals surface area contributed by atoms with Gasteiger partial charge in [0.05, 0.1) is 0 Å². The van der Waals surface area contributed by atoms with Gasteiger partial charge in [-0.15, -0.1) is 0 Å². The number of carbonyl (C=O) groups excluding carboxylic acids is 2. The first-order valence-electron chi connectivity index (χ1n) is 11.4. The lowest BCUT2D eigenvalue weighted by Gasteiger charge is -2.31. The molecule has 0 spiro atoms. The van der Waals surface area contributed by atoms with Crippen LogP contribution in [0, 0.1) is 18.8 Å². The minimum absolute atomic E-state index is 0.137. The lowest BCUT2D eigenvalue weighted by Crippen LogP contribution is -2.47. The minimum Gasteiger partial charge on any atom is -0.354 e. The number of hydrogen-bond donors (Lipinski definition) is 2. The molecule has 29 heavy (non-hydrogen) atoms. The van der Waals surface area contributed by atoms with Crippen molar-refractivity contribution < 1.29 is 9.59 Å². The molecule has 4 rings (SSSR count). The summed E-state index contributed by atoms with van der Waals surface area (Å²) in [5.41, 5.74) is 2.39. The van der Waals surface area contributed by atoms with Crippen molar-refractivity contribution in [2.45, 2.75) is 76.9 Å². The maximum Gasteiger partial charge on any atom is 0.223 e. The van der Waals surface area contributed by atoms with E-state index in [9.17, 15) is 9.59 Å². The molecule has 2 N–H and O–H groups in total. The van der Waals surface area contributed by atoms with Gasteiger partial charge in [0.1, 0.15) is 0 Å². The largest absolute Gasteiger partial charge is 0.354 e. The van der Waals surface area contributed by atoms with Crippen molar-refractivity contribution >= 4 is 11.8 Å². The first kappa shape index (κ1) is 20.4. The van der Waals surface area contributed by atoms with E-state index in [2.05, 4.69) is 34.6 Å². The average Bonchev–Trinajstić information content (AvgIpc) is 3.40. The molecule has 1 aromatic carbocycles. The standard InChI is InChI=1S/C24H35N3O2/c1-17-5-2-3-6-20(17)14-25-23(28)13-21-11-12-22(27(21)16-18-9-10-18)15-26-24(29)19-7-4-8-19/h2-3,5-6,18-19,21-22H,4,7-16H2,1H3,(H,25,28)(H,26,29)/t21-,22+/m1/s1. The van der Waals surface area contributed by atoms with Crippen LogP contribution in [-0.2, 0) is 16.1 Å². The van der Waals surface area contributed by atoms with Crippen molar-refractivity contribution in [2.75, 3.05) is 13.1 Å². The second-order valence-electron chi connectivity index (χ2n) is 9.31. The zero-order valence-electron chi connectivity index (χ0n) is 17.7. The fourth-order valence-electron chi connectivity index (χ4n) is 4.67. The monoisotopic (exact) mass is 397 g/mol. The Labute approximate surface area is 174 Å². The van der Waals surface area contributed by atoms with E-state index in [4.69, 9.17) is 0 Å². The van der Waals surface area contributed by atoms with Crippen LogP contribution in [0.1, 0.15) is 62.5 Å². The Morgan fingerprint density at radius 3 is 2.45 bits per heavy atom. The topological polar surface area (TPSA) is 61.4 Å². The zero-order valence-corrected chi connectivity index (χ0v) is 17.7. The summed E-state index contributed by atoms with van der Waals surface area (Å²) < 4.78 is 0. The smallest absolute Gasteiger partial charge is 0.223 e. The number of rotatable bonds is 9. The van der Waals surface area contributed by atoms with Gasteiger partial charge in [0, 0.05) is 44.1 Å². The fourth-order valence-corrected chi connectivity index (χ4v) is 4.67. The molecule has 1 aromatic rings. The number of amides is 2. The summed E-state index contributed by atoms with van der Waals surface area (Å²) in [5, 5.41) is 6.31. The molecule has 0 unspecified atom stereocenters. The van der Waals surface area contributed by atoms with Gasteiger partial charge in [-0.25, -0.2) is 0 Å². The Morgan fingerprint density at radius 2 is 1.76 bits per heavy atom. The summed E-state index contributed by atoms with van der Waals surface area (Å²) in [6.07, 6.45) is 8.59. The highest BCUT2D eigenvalue weighted by molar-refractivity contribution is 5.79. The van der Waals surface area contributed by atoms with Crippen molar-refractivity contribution in [1.29, 1.82) is 0 Å². The van der Waals surface area contributed by atoms with E-state index in [-0.39, 0.29) is 17.7 Å². The van der Waals surface area contributed by atoms with Crippen LogP contribution in [0.3, 0.4) is 0 Å². The maximum absolute atomic E-state index is 12.6. The van der Waals surface area contributed by atoms with Gasteiger partial charge < -0.3 is 10.6 Å². The van der Waals surface area contributed by atoms with E-state index in [0.717, 1.165) is 44.7 Å². The molecule has 158 valence electrons. The number of hydrogen-bond acceptors (Lipinski definition) is 3. The Balaban J connectivity index is 1.28. The molecule has 2 aliphatic carbocycles. The maximum atomic E-state index is 12.6. The minimum atomic E-state index is 0.137. The number of nitrogens with one attached hydrogen (secondary N) is 2. The highest BCUT2D eigenvalue weighted by Gasteiger charge is 2.38. The summed E-state index contributed by atoms with van der Waals surface area (Å²) >= 11 is 0. The molecule has 1 heterocycles. The fraction of sp³-hybridized carbons (Fsp3) is 0.667. The Bertz CT molecular complexity index is 727. The van der Waals surface area contributed by atoms with Crippen molar-refractivity contribution in [2.24, 2.45) is 11.8 Å². The molecule has 1 aliphatic heterocycles. The Morgan fingerprint density at radius 1 is 1.00 bits per heavy atom. The van der Waals surface area contributed by atoms with Gasteiger partial charge in [0.15, 0.2) is 0 Å². The third-order valence-corrected chi connectivity index (χ3v) is 7.08. The molecule has 2 atom stereocenters. The Kier molecular flexibility index (Phi) is 6.53. The first-order valence-corrected chi connectivity index (χ1v) is 11.4. The SMILES string of the molecule is Cc1ccccc1CNC(=O)C[C@H]1CC[C@@H](CNC(=O)C2CCC2)N1CC1CC1. The van der Waals surface area contributed by atoms with Crippen molar-refractivity contribution in [3.8, 4) is 0 Å². The van der Waals surface area contributed by atoms with Crippen LogP contribution in [0.25, 0.3) is 0 Å². The van der Waals surface area contributed by atoms with Gasteiger partial charge in [-0.2, -0.15) is 0 Å². The summed E-state index contributed by atoms with van der Waals surface area (Å²) in [6.45, 7) is 4.50. The number of likely N-dealkylation sites (tertiary alicyclic amines) is 1. The Hall–Kier alpha value is -1.88. The normalized spacial score (nSPS) is 24.9. The van der Waals surface area contributed by atoms with Gasteiger partial charge in [0.25, 0.3) is 0 Å². The number of carbonyl (C=O) groups is 2. The van der Waals surface area contributed by atoms with Crippen molar-refractivity contribution in [3.63, 3.8) is 0 Å². The average molecular weight is 398 g/mol. The molecule has 5 nitrogen and oxygen atoms in total. The number of nitrogens with zero attached hydrogens (tertiary/aromatic N) is 1. The summed E-state index contributed by atoms with van der Waals surface area (Å²) in [4.78, 5) is 27.4. The van der Waals surface area contributed by atoms with Crippen LogP contribution in [0.2, 0.25) is 0 Å². The van der Waals surface area contributed by atoms with E-state index < -0.39 is 0 Å². The quantitative estimate of drug-likeness (QED) is 0.673. The summed E-state index contributed by atoms with van der Waals surface area (Å²) in [6, 6.07) is 8.89. The zero-order chi connectivity index (χ0) is 20.2. The van der Waals surface area contributed by atoms with Gasteiger partial charge in [-0.3, -0.25) is 14.5 Å². The van der Waals surface area contributed by atoms with E-state index in [1.165, 1.54) is 30.4 Å². The predicted octanol–water partition coefficient (Wildman–Crippen LogP) is 3.16. The van der Waals surface area contributed by atoms with Gasteiger partial charge in [-0.05, 0) is 62.5 Å². The van der Waals surface area contributed by atoms with Crippen LogP contribution in [-0.4, -0.2) is 41.9 Å². The van der Waals surface area contributed by atoms with Gasteiger partial charge in [-0.1, -0.05) is 30.7 Å². The lowest BCUT2D eigenvalue weighted by molar-refractivity contribution is -0.127. The lowest BCUT2D eigenvalue weighted by atomic mass is 9.85. The van der Waals surface area contributed by atoms with E-state index in [1.54, 1.807) is 0 Å². The van der Waals surface area contributed by atoms with Gasteiger partial charge >= 0.3 is 0 Å². The van der Waals surface area contributed by atoms with E-state index in [1.807, 2.05) is 12.1 Å². The molecule has 2 amide bonds.